The van der Waals surface area contributed by atoms with Gasteiger partial charge >= 0.3 is 0 Å². The Morgan fingerprint density at radius 3 is 2.88 bits per heavy atom. The zero-order chi connectivity index (χ0) is 16.8. The van der Waals surface area contributed by atoms with E-state index in [1.807, 2.05) is 19.2 Å². The van der Waals surface area contributed by atoms with Gasteiger partial charge in [0.25, 0.3) is 0 Å². The highest BCUT2D eigenvalue weighted by Crippen LogP contribution is 2.22. The minimum atomic E-state index is 0.406. The Morgan fingerprint density at radius 2 is 2.17 bits per heavy atom. The Balaban J connectivity index is 1.45. The highest BCUT2D eigenvalue weighted by Gasteiger charge is 2.23. The molecule has 1 aromatic carbocycles. The van der Waals surface area contributed by atoms with Crippen LogP contribution in [-0.2, 0) is 6.42 Å². The Hall–Kier alpha value is -1.95. The number of guanidine groups is 1. The minimum Gasteiger partial charge on any atom is -0.469 e. The van der Waals surface area contributed by atoms with Gasteiger partial charge in [-0.1, -0.05) is 15.9 Å². The van der Waals surface area contributed by atoms with E-state index >= 15 is 0 Å². The molecule has 128 valence electrons. The summed E-state index contributed by atoms with van der Waals surface area (Å²) in [6.07, 6.45) is 3.66. The number of nitrogens with zero attached hydrogens (tertiary/aromatic N) is 2. The van der Waals surface area contributed by atoms with Crippen molar-refractivity contribution in [2.45, 2.75) is 18.9 Å². The van der Waals surface area contributed by atoms with E-state index in [0.717, 1.165) is 48.7 Å². The summed E-state index contributed by atoms with van der Waals surface area (Å²) in [7, 11) is 1.81. The van der Waals surface area contributed by atoms with Gasteiger partial charge in [0.15, 0.2) is 5.96 Å². The SMILES string of the molecule is CN=C(NCCc1ccco1)NC1CCN(c2ccc(Br)cc2)C1. The molecule has 0 saturated carbocycles. The second kappa shape index (κ2) is 8.24. The zero-order valence-corrected chi connectivity index (χ0v) is 15.4. The maximum atomic E-state index is 5.34. The summed E-state index contributed by atoms with van der Waals surface area (Å²) >= 11 is 3.48. The number of halogens is 1. The topological polar surface area (TPSA) is 52.8 Å². The van der Waals surface area contributed by atoms with Crippen LogP contribution in [0.1, 0.15) is 12.2 Å². The second-order valence-corrected chi connectivity index (χ2v) is 6.80. The maximum absolute atomic E-state index is 5.34. The van der Waals surface area contributed by atoms with Crippen LogP contribution < -0.4 is 15.5 Å². The van der Waals surface area contributed by atoms with Gasteiger partial charge in [0.2, 0.25) is 0 Å². The Labute approximate surface area is 151 Å². The third kappa shape index (κ3) is 4.54. The number of furan rings is 1. The van der Waals surface area contributed by atoms with E-state index in [1.54, 1.807) is 6.26 Å². The quantitative estimate of drug-likeness (QED) is 0.608. The van der Waals surface area contributed by atoms with Gasteiger partial charge in [-0.25, -0.2) is 0 Å². The smallest absolute Gasteiger partial charge is 0.191 e. The molecule has 0 spiro atoms. The number of hydrogen-bond acceptors (Lipinski definition) is 3. The predicted octanol–water partition coefficient (Wildman–Crippen LogP) is 3.03. The van der Waals surface area contributed by atoms with Crippen LogP contribution in [0.2, 0.25) is 0 Å². The summed E-state index contributed by atoms with van der Waals surface area (Å²) in [6, 6.07) is 12.8. The van der Waals surface area contributed by atoms with Crippen LogP contribution in [0, 0.1) is 0 Å². The Bertz CT molecular complexity index is 654. The summed E-state index contributed by atoms with van der Waals surface area (Å²) in [6.45, 7) is 2.85. The average Bonchev–Trinajstić information content (AvgIpc) is 3.26. The summed E-state index contributed by atoms with van der Waals surface area (Å²) in [5, 5.41) is 6.87. The molecule has 1 aromatic heterocycles. The van der Waals surface area contributed by atoms with Gasteiger partial charge in [-0.2, -0.15) is 0 Å². The first kappa shape index (κ1) is 16.9. The van der Waals surface area contributed by atoms with Crippen LogP contribution in [0.5, 0.6) is 0 Å². The van der Waals surface area contributed by atoms with Crippen molar-refractivity contribution >= 4 is 27.6 Å². The van der Waals surface area contributed by atoms with Crippen molar-refractivity contribution in [1.29, 1.82) is 0 Å². The highest BCUT2D eigenvalue weighted by molar-refractivity contribution is 9.10. The van der Waals surface area contributed by atoms with Crippen LogP contribution >= 0.6 is 15.9 Å². The van der Waals surface area contributed by atoms with Gasteiger partial charge in [0.05, 0.1) is 6.26 Å². The third-order valence-corrected chi connectivity index (χ3v) is 4.72. The second-order valence-electron chi connectivity index (χ2n) is 5.88. The van der Waals surface area contributed by atoms with Crippen molar-refractivity contribution in [1.82, 2.24) is 10.6 Å². The largest absolute Gasteiger partial charge is 0.469 e. The van der Waals surface area contributed by atoms with Crippen LogP contribution in [0.4, 0.5) is 5.69 Å². The van der Waals surface area contributed by atoms with Gasteiger partial charge in [0, 0.05) is 49.3 Å². The highest BCUT2D eigenvalue weighted by atomic mass is 79.9. The molecule has 0 aliphatic carbocycles. The van der Waals surface area contributed by atoms with Crippen molar-refractivity contribution in [2.75, 3.05) is 31.6 Å². The molecular formula is C18H23BrN4O. The molecule has 0 bridgehead atoms. The summed E-state index contributed by atoms with van der Waals surface area (Å²) in [4.78, 5) is 6.72. The lowest BCUT2D eigenvalue weighted by Crippen LogP contribution is -2.45. The van der Waals surface area contributed by atoms with E-state index in [2.05, 4.69) is 60.7 Å². The fourth-order valence-corrected chi connectivity index (χ4v) is 3.18. The summed E-state index contributed by atoms with van der Waals surface area (Å²) in [5.74, 6) is 1.84. The average molecular weight is 391 g/mol. The van der Waals surface area contributed by atoms with Crippen molar-refractivity contribution in [3.05, 3.63) is 52.9 Å². The van der Waals surface area contributed by atoms with E-state index in [-0.39, 0.29) is 0 Å². The van der Waals surface area contributed by atoms with E-state index < -0.39 is 0 Å². The molecule has 24 heavy (non-hydrogen) atoms. The minimum absolute atomic E-state index is 0.406. The number of benzene rings is 1. The lowest BCUT2D eigenvalue weighted by atomic mass is 10.2. The molecule has 2 heterocycles. The van der Waals surface area contributed by atoms with Crippen LogP contribution in [0.3, 0.4) is 0 Å². The number of nitrogens with one attached hydrogen (secondary N) is 2. The van der Waals surface area contributed by atoms with Crippen molar-refractivity contribution in [2.24, 2.45) is 4.99 Å². The molecule has 1 aliphatic rings. The molecule has 2 N–H and O–H groups in total. The lowest BCUT2D eigenvalue weighted by Gasteiger charge is -2.20. The van der Waals surface area contributed by atoms with Gasteiger partial charge in [-0.05, 0) is 42.8 Å². The molecule has 0 amide bonds. The first-order valence-electron chi connectivity index (χ1n) is 8.24. The molecule has 2 aromatic rings. The van der Waals surface area contributed by atoms with E-state index in [0.29, 0.717) is 6.04 Å². The molecule has 1 unspecified atom stereocenters. The lowest BCUT2D eigenvalue weighted by molar-refractivity contribution is 0.506. The monoisotopic (exact) mass is 390 g/mol. The van der Waals surface area contributed by atoms with Gasteiger partial charge in [-0.15, -0.1) is 0 Å². The maximum Gasteiger partial charge on any atom is 0.191 e. The van der Waals surface area contributed by atoms with E-state index in [1.165, 1.54) is 5.69 Å². The normalized spacial score (nSPS) is 18.0. The molecule has 5 nitrogen and oxygen atoms in total. The summed E-state index contributed by atoms with van der Waals surface area (Å²) in [5.41, 5.74) is 1.27. The number of hydrogen-bond donors (Lipinski definition) is 2. The molecule has 3 rings (SSSR count). The molecular weight excluding hydrogens is 368 g/mol. The Kier molecular flexibility index (Phi) is 5.80. The molecule has 1 aliphatic heterocycles. The number of anilines is 1. The van der Waals surface area contributed by atoms with Crippen molar-refractivity contribution < 1.29 is 4.42 Å². The van der Waals surface area contributed by atoms with E-state index in [4.69, 9.17) is 4.42 Å². The molecule has 0 radical (unpaired) electrons. The molecule has 1 fully saturated rings. The third-order valence-electron chi connectivity index (χ3n) is 4.19. The number of rotatable bonds is 5. The van der Waals surface area contributed by atoms with E-state index in [9.17, 15) is 0 Å². The standard InChI is InChI=1S/C18H23BrN4O/c1-20-18(21-10-8-17-3-2-12-24-17)22-15-9-11-23(13-15)16-6-4-14(19)5-7-16/h2-7,12,15H,8-11,13H2,1H3,(H2,20,21,22). The fraction of sp³-hybridized carbons (Fsp3) is 0.389. The number of aliphatic imine (C=N–C) groups is 1. The molecule has 1 saturated heterocycles. The van der Waals surface area contributed by atoms with Crippen LogP contribution in [-0.4, -0.2) is 38.7 Å². The molecule has 6 heteroatoms. The first-order chi connectivity index (χ1) is 11.7. The van der Waals surface area contributed by atoms with Crippen molar-refractivity contribution in [3.8, 4) is 0 Å². The van der Waals surface area contributed by atoms with Gasteiger partial charge < -0.3 is 20.0 Å². The van der Waals surface area contributed by atoms with Crippen LogP contribution in [0.15, 0.2) is 56.5 Å². The fourth-order valence-electron chi connectivity index (χ4n) is 2.91. The Morgan fingerprint density at radius 1 is 1.33 bits per heavy atom. The molecule has 1 atom stereocenters. The zero-order valence-electron chi connectivity index (χ0n) is 13.8. The van der Waals surface area contributed by atoms with Gasteiger partial charge in [-0.3, -0.25) is 4.99 Å². The van der Waals surface area contributed by atoms with Crippen molar-refractivity contribution in [3.63, 3.8) is 0 Å². The predicted molar refractivity (Wildman–Crippen MR) is 102 cm³/mol. The van der Waals surface area contributed by atoms with Gasteiger partial charge in [0.1, 0.15) is 5.76 Å². The van der Waals surface area contributed by atoms with Crippen LogP contribution in [0.25, 0.3) is 0 Å². The summed E-state index contributed by atoms with van der Waals surface area (Å²) < 4.78 is 6.46. The first-order valence-corrected chi connectivity index (χ1v) is 9.04.